The van der Waals surface area contributed by atoms with Crippen molar-refractivity contribution in [3.63, 3.8) is 0 Å². The molecule has 4 aromatic rings. The lowest BCUT2D eigenvalue weighted by molar-refractivity contribution is 0.174. The normalized spacial score (nSPS) is 12.9. The lowest BCUT2D eigenvalue weighted by Gasteiger charge is -2.21. The number of halogens is 1. The topological polar surface area (TPSA) is 78.2 Å². The Bertz CT molecular complexity index is 1610. The largest absolute Gasteiger partial charge is 0.488 e. The standard InChI is InChI=1S/C29H29BrN4O4/c1-29(2,3)28-32-23-10-8-20(30)13-22(23)27(35)34(28)31-15-19-7-9-21(33(4)5)14-25(19)36-16-18-6-11-24-26(12-18)38-17-37-24/h6-15H,16-17H2,1-5H3. The van der Waals surface area contributed by atoms with E-state index in [9.17, 15) is 4.79 Å². The number of ether oxygens (including phenoxy) is 3. The van der Waals surface area contributed by atoms with Crippen molar-refractivity contribution in [2.45, 2.75) is 32.8 Å². The maximum absolute atomic E-state index is 13.5. The predicted octanol–water partition coefficient (Wildman–Crippen LogP) is 5.71. The summed E-state index contributed by atoms with van der Waals surface area (Å²) < 4.78 is 19.3. The van der Waals surface area contributed by atoms with Crippen molar-refractivity contribution in [1.29, 1.82) is 0 Å². The van der Waals surface area contributed by atoms with Crippen molar-refractivity contribution < 1.29 is 14.2 Å². The second-order valence-electron chi connectivity index (χ2n) is 10.3. The number of fused-ring (bicyclic) bond motifs is 2. The molecule has 0 bridgehead atoms. The molecule has 0 amide bonds. The molecule has 0 aliphatic carbocycles. The summed E-state index contributed by atoms with van der Waals surface area (Å²) in [5, 5.41) is 5.12. The predicted molar refractivity (Wildman–Crippen MR) is 153 cm³/mol. The molecule has 0 saturated carbocycles. The van der Waals surface area contributed by atoms with Gasteiger partial charge in [-0.3, -0.25) is 4.79 Å². The summed E-state index contributed by atoms with van der Waals surface area (Å²) in [5.74, 6) is 2.65. The zero-order chi connectivity index (χ0) is 27.0. The number of anilines is 1. The fraction of sp³-hybridized carbons (Fsp3) is 0.276. The molecule has 9 heteroatoms. The van der Waals surface area contributed by atoms with Gasteiger partial charge in [-0.25, -0.2) is 4.98 Å². The number of hydrogen-bond donors (Lipinski definition) is 0. The molecule has 0 unspecified atom stereocenters. The molecule has 1 aliphatic rings. The van der Waals surface area contributed by atoms with Gasteiger partial charge in [-0.2, -0.15) is 9.78 Å². The van der Waals surface area contributed by atoms with Crippen molar-refractivity contribution in [1.82, 2.24) is 9.66 Å². The average molecular weight is 577 g/mol. The van der Waals surface area contributed by atoms with E-state index in [0.717, 1.165) is 27.0 Å². The first-order valence-corrected chi connectivity index (χ1v) is 13.0. The lowest BCUT2D eigenvalue weighted by Crippen LogP contribution is -2.29. The summed E-state index contributed by atoms with van der Waals surface area (Å²) in [6.07, 6.45) is 1.65. The van der Waals surface area contributed by atoms with Gasteiger partial charge in [0.25, 0.3) is 5.56 Å². The maximum Gasteiger partial charge on any atom is 0.282 e. The highest BCUT2D eigenvalue weighted by molar-refractivity contribution is 9.10. The molecule has 0 N–H and O–H groups in total. The molecule has 5 rings (SSSR count). The molecule has 38 heavy (non-hydrogen) atoms. The minimum Gasteiger partial charge on any atom is -0.488 e. The van der Waals surface area contributed by atoms with Gasteiger partial charge in [0.15, 0.2) is 11.5 Å². The number of benzene rings is 3. The Hall–Kier alpha value is -3.85. The van der Waals surface area contributed by atoms with Gasteiger partial charge in [0, 0.05) is 41.3 Å². The van der Waals surface area contributed by atoms with Gasteiger partial charge in [-0.15, -0.1) is 0 Å². The molecule has 0 atom stereocenters. The quantitative estimate of drug-likeness (QED) is 0.273. The third-order valence-corrected chi connectivity index (χ3v) is 6.63. The molecule has 0 spiro atoms. The van der Waals surface area contributed by atoms with Gasteiger partial charge < -0.3 is 19.1 Å². The summed E-state index contributed by atoms with van der Waals surface area (Å²) in [7, 11) is 3.94. The Morgan fingerprint density at radius 2 is 1.87 bits per heavy atom. The first kappa shape index (κ1) is 25.8. The molecule has 0 fully saturated rings. The van der Waals surface area contributed by atoms with Crippen molar-refractivity contribution in [3.05, 3.63) is 86.4 Å². The zero-order valence-electron chi connectivity index (χ0n) is 22.0. The van der Waals surface area contributed by atoms with E-state index in [2.05, 4.69) is 21.0 Å². The summed E-state index contributed by atoms with van der Waals surface area (Å²) in [6.45, 7) is 6.58. The third kappa shape index (κ3) is 5.24. The number of aromatic nitrogens is 2. The lowest BCUT2D eigenvalue weighted by atomic mass is 9.95. The minimum absolute atomic E-state index is 0.224. The molecule has 2 heterocycles. The van der Waals surface area contributed by atoms with Crippen LogP contribution in [0, 0.1) is 0 Å². The van der Waals surface area contributed by atoms with Crippen molar-refractivity contribution in [2.24, 2.45) is 5.10 Å². The van der Waals surface area contributed by atoms with Crippen LogP contribution in [0.3, 0.4) is 0 Å². The van der Waals surface area contributed by atoms with Gasteiger partial charge in [-0.05, 0) is 48.0 Å². The number of nitrogens with zero attached hydrogens (tertiary/aromatic N) is 4. The molecule has 8 nitrogen and oxygen atoms in total. The summed E-state index contributed by atoms with van der Waals surface area (Å²) in [6, 6.07) is 17.1. The second kappa shape index (κ2) is 10.1. The Kier molecular flexibility index (Phi) is 6.88. The molecule has 0 saturated heterocycles. The van der Waals surface area contributed by atoms with E-state index in [0.29, 0.717) is 34.8 Å². The molecule has 1 aliphatic heterocycles. The summed E-state index contributed by atoms with van der Waals surface area (Å²) in [5.41, 5.74) is 2.65. The van der Waals surface area contributed by atoms with Gasteiger partial charge >= 0.3 is 0 Å². The highest BCUT2D eigenvalue weighted by Crippen LogP contribution is 2.33. The van der Waals surface area contributed by atoms with Crippen LogP contribution < -0.4 is 24.7 Å². The molecular formula is C29H29BrN4O4. The van der Waals surface area contributed by atoms with E-state index in [1.165, 1.54) is 4.68 Å². The van der Waals surface area contributed by atoms with Crippen LogP contribution in [0.4, 0.5) is 5.69 Å². The zero-order valence-corrected chi connectivity index (χ0v) is 23.6. The van der Waals surface area contributed by atoms with Crippen LogP contribution in [-0.2, 0) is 12.0 Å². The smallest absolute Gasteiger partial charge is 0.282 e. The molecule has 196 valence electrons. The Balaban J connectivity index is 1.53. The van der Waals surface area contributed by atoms with Crippen molar-refractivity contribution >= 4 is 38.7 Å². The van der Waals surface area contributed by atoms with Crippen LogP contribution in [-0.4, -0.2) is 36.8 Å². The van der Waals surface area contributed by atoms with Crippen molar-refractivity contribution in [3.8, 4) is 17.2 Å². The number of hydrogen-bond acceptors (Lipinski definition) is 7. The summed E-state index contributed by atoms with van der Waals surface area (Å²) in [4.78, 5) is 20.3. The Labute approximate surface area is 229 Å². The first-order chi connectivity index (χ1) is 18.1. The van der Waals surface area contributed by atoms with Crippen LogP contribution in [0.15, 0.2) is 69.0 Å². The van der Waals surface area contributed by atoms with E-state index in [-0.39, 0.29) is 12.4 Å². The van der Waals surface area contributed by atoms with Crippen LogP contribution in [0.2, 0.25) is 0 Å². The molecule has 0 radical (unpaired) electrons. The monoisotopic (exact) mass is 576 g/mol. The Morgan fingerprint density at radius 3 is 2.63 bits per heavy atom. The second-order valence-corrected chi connectivity index (χ2v) is 11.2. The number of rotatable bonds is 6. The van der Waals surface area contributed by atoms with Gasteiger partial charge in [0.05, 0.1) is 17.1 Å². The van der Waals surface area contributed by atoms with E-state index in [1.807, 2.05) is 88.3 Å². The van der Waals surface area contributed by atoms with Gasteiger partial charge in [0.1, 0.15) is 18.2 Å². The fourth-order valence-electron chi connectivity index (χ4n) is 4.09. The summed E-state index contributed by atoms with van der Waals surface area (Å²) >= 11 is 3.46. The van der Waals surface area contributed by atoms with E-state index in [4.69, 9.17) is 19.2 Å². The fourth-order valence-corrected chi connectivity index (χ4v) is 4.45. The maximum atomic E-state index is 13.5. The van der Waals surface area contributed by atoms with E-state index >= 15 is 0 Å². The third-order valence-electron chi connectivity index (χ3n) is 6.14. The average Bonchev–Trinajstić information content (AvgIpc) is 3.34. The molecular weight excluding hydrogens is 548 g/mol. The van der Waals surface area contributed by atoms with E-state index < -0.39 is 5.41 Å². The van der Waals surface area contributed by atoms with Crippen LogP contribution in [0.25, 0.3) is 10.9 Å². The van der Waals surface area contributed by atoms with E-state index in [1.54, 1.807) is 12.3 Å². The molecule has 1 aromatic heterocycles. The van der Waals surface area contributed by atoms with Gasteiger partial charge in [0.2, 0.25) is 6.79 Å². The first-order valence-electron chi connectivity index (χ1n) is 12.2. The van der Waals surface area contributed by atoms with Crippen LogP contribution in [0.1, 0.15) is 37.7 Å². The highest BCUT2D eigenvalue weighted by atomic mass is 79.9. The van der Waals surface area contributed by atoms with Crippen LogP contribution >= 0.6 is 15.9 Å². The van der Waals surface area contributed by atoms with Gasteiger partial charge in [-0.1, -0.05) is 42.8 Å². The molecule has 3 aromatic carbocycles. The van der Waals surface area contributed by atoms with Crippen LogP contribution in [0.5, 0.6) is 17.2 Å². The SMILES string of the molecule is CN(C)c1ccc(C=Nn2c(C(C)(C)C)nc3ccc(Br)cc3c2=O)c(OCc2ccc3c(c2)OCO3)c1. The Morgan fingerprint density at radius 1 is 1.08 bits per heavy atom. The highest BCUT2D eigenvalue weighted by Gasteiger charge is 2.23. The van der Waals surface area contributed by atoms with Crippen molar-refractivity contribution in [2.75, 3.05) is 25.8 Å². The minimum atomic E-state index is -0.411.